The van der Waals surface area contributed by atoms with Gasteiger partial charge in [-0.3, -0.25) is 9.80 Å². The maximum absolute atomic E-state index is 2.79. The van der Waals surface area contributed by atoms with Gasteiger partial charge in [0.1, 0.15) is 0 Å². The van der Waals surface area contributed by atoms with E-state index >= 15 is 0 Å². The largest absolute Gasteiger partial charge is 0.284 e. The zero-order chi connectivity index (χ0) is 15.5. The average molecular weight is 295 g/mol. The van der Waals surface area contributed by atoms with E-state index in [-0.39, 0.29) is 0 Å². The molecule has 1 saturated heterocycles. The third-order valence-electron chi connectivity index (χ3n) is 5.72. The molecular formula is C19H38N2. The van der Waals surface area contributed by atoms with Gasteiger partial charge < -0.3 is 0 Å². The molecule has 21 heavy (non-hydrogen) atoms. The molecule has 0 aromatic rings. The summed E-state index contributed by atoms with van der Waals surface area (Å²) in [6.45, 7) is 14.3. The Morgan fingerprint density at radius 2 is 1.38 bits per heavy atom. The Labute approximate surface area is 133 Å². The van der Waals surface area contributed by atoms with Crippen LogP contribution in [0, 0.1) is 5.92 Å². The Morgan fingerprint density at radius 3 is 1.86 bits per heavy atom. The Kier molecular flexibility index (Phi) is 6.14. The van der Waals surface area contributed by atoms with Crippen LogP contribution >= 0.6 is 0 Å². The fraction of sp³-hybridized carbons (Fsp3) is 1.00. The minimum absolute atomic E-state index is 0.306. The SMILES string of the molecule is CC(C)N1CN(C(C)(C)C)CC1C1CCCCCCCC1. The fourth-order valence-electron chi connectivity index (χ4n) is 4.19. The van der Waals surface area contributed by atoms with E-state index in [1.165, 1.54) is 64.6 Å². The minimum atomic E-state index is 0.306. The van der Waals surface area contributed by atoms with Crippen LogP contribution in [0.4, 0.5) is 0 Å². The average Bonchev–Trinajstić information content (AvgIpc) is 2.88. The molecule has 0 bridgehead atoms. The molecule has 2 rings (SSSR count). The quantitative estimate of drug-likeness (QED) is 0.715. The van der Waals surface area contributed by atoms with Gasteiger partial charge in [0.15, 0.2) is 0 Å². The number of hydrogen-bond donors (Lipinski definition) is 0. The molecule has 0 spiro atoms. The molecule has 0 N–H and O–H groups in total. The molecular weight excluding hydrogens is 256 g/mol. The van der Waals surface area contributed by atoms with Crippen molar-refractivity contribution < 1.29 is 0 Å². The zero-order valence-electron chi connectivity index (χ0n) is 15.2. The van der Waals surface area contributed by atoms with Gasteiger partial charge in [-0.15, -0.1) is 0 Å². The van der Waals surface area contributed by atoms with Crippen LogP contribution in [-0.4, -0.2) is 40.6 Å². The lowest BCUT2D eigenvalue weighted by Gasteiger charge is -2.33. The summed E-state index contributed by atoms with van der Waals surface area (Å²) in [4.78, 5) is 5.48. The highest BCUT2D eigenvalue weighted by Crippen LogP contribution is 2.33. The Bertz CT molecular complexity index is 295. The third kappa shape index (κ3) is 4.69. The molecule has 0 amide bonds. The molecule has 1 aliphatic carbocycles. The maximum Gasteiger partial charge on any atom is 0.0517 e. The van der Waals surface area contributed by atoms with E-state index in [4.69, 9.17) is 0 Å². The van der Waals surface area contributed by atoms with Crippen LogP contribution in [0.25, 0.3) is 0 Å². The first-order valence-corrected chi connectivity index (χ1v) is 9.40. The van der Waals surface area contributed by atoms with Gasteiger partial charge >= 0.3 is 0 Å². The summed E-state index contributed by atoms with van der Waals surface area (Å²) >= 11 is 0. The Balaban J connectivity index is 2.06. The molecule has 2 heteroatoms. The molecule has 1 unspecified atom stereocenters. The first-order chi connectivity index (χ1) is 9.89. The van der Waals surface area contributed by atoms with Crippen molar-refractivity contribution in [1.82, 2.24) is 9.80 Å². The van der Waals surface area contributed by atoms with Crippen LogP contribution in [-0.2, 0) is 0 Å². The maximum atomic E-state index is 2.79. The number of nitrogens with zero attached hydrogens (tertiary/aromatic N) is 2. The topological polar surface area (TPSA) is 6.48 Å². The van der Waals surface area contributed by atoms with Gasteiger partial charge in [-0.25, -0.2) is 0 Å². The number of hydrogen-bond acceptors (Lipinski definition) is 2. The highest BCUT2D eigenvalue weighted by atomic mass is 15.4. The van der Waals surface area contributed by atoms with Gasteiger partial charge in [0.05, 0.1) is 6.67 Å². The second-order valence-electron chi connectivity index (χ2n) is 8.67. The van der Waals surface area contributed by atoms with Crippen molar-refractivity contribution in [3.05, 3.63) is 0 Å². The predicted molar refractivity (Wildman–Crippen MR) is 92.5 cm³/mol. The van der Waals surface area contributed by atoms with Crippen LogP contribution in [0.15, 0.2) is 0 Å². The lowest BCUT2D eigenvalue weighted by Crippen LogP contribution is -2.42. The molecule has 0 aromatic carbocycles. The zero-order valence-corrected chi connectivity index (χ0v) is 15.2. The molecule has 1 heterocycles. The van der Waals surface area contributed by atoms with Crippen LogP contribution < -0.4 is 0 Å². The lowest BCUT2D eigenvalue weighted by atomic mass is 9.88. The summed E-state index contributed by atoms with van der Waals surface area (Å²) in [6.07, 6.45) is 11.7. The van der Waals surface area contributed by atoms with E-state index in [9.17, 15) is 0 Å². The molecule has 124 valence electrons. The van der Waals surface area contributed by atoms with E-state index in [2.05, 4.69) is 44.4 Å². The van der Waals surface area contributed by atoms with Crippen molar-refractivity contribution in [2.75, 3.05) is 13.2 Å². The number of rotatable bonds is 2. The molecule has 0 aromatic heterocycles. The van der Waals surface area contributed by atoms with Crippen molar-refractivity contribution in [3.63, 3.8) is 0 Å². The minimum Gasteiger partial charge on any atom is -0.284 e. The Hall–Kier alpha value is -0.0800. The summed E-state index contributed by atoms with van der Waals surface area (Å²) < 4.78 is 0. The summed E-state index contributed by atoms with van der Waals surface area (Å²) in [5.41, 5.74) is 0.306. The van der Waals surface area contributed by atoms with Crippen molar-refractivity contribution >= 4 is 0 Å². The van der Waals surface area contributed by atoms with Crippen molar-refractivity contribution in [2.45, 2.75) is 104 Å². The van der Waals surface area contributed by atoms with Gasteiger partial charge in [0.2, 0.25) is 0 Å². The summed E-state index contributed by atoms with van der Waals surface area (Å²) in [5, 5.41) is 0. The molecule has 1 saturated carbocycles. The van der Waals surface area contributed by atoms with Gasteiger partial charge in [0.25, 0.3) is 0 Å². The molecule has 1 aliphatic heterocycles. The lowest BCUT2D eigenvalue weighted by molar-refractivity contribution is 0.112. The van der Waals surface area contributed by atoms with Gasteiger partial charge in [-0.1, -0.05) is 38.5 Å². The normalized spacial score (nSPS) is 28.6. The van der Waals surface area contributed by atoms with Crippen molar-refractivity contribution in [1.29, 1.82) is 0 Å². The van der Waals surface area contributed by atoms with Gasteiger partial charge in [-0.2, -0.15) is 0 Å². The van der Waals surface area contributed by atoms with Gasteiger partial charge in [0, 0.05) is 24.2 Å². The second-order valence-corrected chi connectivity index (χ2v) is 8.67. The van der Waals surface area contributed by atoms with E-state index in [1.807, 2.05) is 0 Å². The molecule has 2 fully saturated rings. The summed E-state index contributed by atoms with van der Waals surface area (Å²) in [7, 11) is 0. The fourth-order valence-corrected chi connectivity index (χ4v) is 4.19. The Morgan fingerprint density at radius 1 is 0.857 bits per heavy atom. The molecule has 2 aliphatic rings. The van der Waals surface area contributed by atoms with Crippen LogP contribution in [0.2, 0.25) is 0 Å². The predicted octanol–water partition coefficient (Wildman–Crippen LogP) is 4.89. The first kappa shape index (κ1) is 17.3. The van der Waals surface area contributed by atoms with Crippen LogP contribution in [0.3, 0.4) is 0 Å². The highest BCUT2D eigenvalue weighted by Gasteiger charge is 2.40. The van der Waals surface area contributed by atoms with E-state index in [0.717, 1.165) is 12.0 Å². The smallest absolute Gasteiger partial charge is 0.0517 e. The third-order valence-corrected chi connectivity index (χ3v) is 5.72. The summed E-state index contributed by atoms with van der Waals surface area (Å²) in [5.74, 6) is 0.929. The standard InChI is InChI=1S/C19H38N2/c1-16(2)21-15-20(19(3,4)5)14-18(21)17-12-10-8-6-7-9-11-13-17/h16-18H,6-15H2,1-5H3. The van der Waals surface area contributed by atoms with Crippen molar-refractivity contribution in [2.24, 2.45) is 5.92 Å². The first-order valence-electron chi connectivity index (χ1n) is 9.40. The summed E-state index contributed by atoms with van der Waals surface area (Å²) in [6, 6.07) is 1.47. The molecule has 0 radical (unpaired) electrons. The van der Waals surface area contributed by atoms with E-state index < -0.39 is 0 Å². The van der Waals surface area contributed by atoms with E-state index in [1.54, 1.807) is 0 Å². The monoisotopic (exact) mass is 294 g/mol. The van der Waals surface area contributed by atoms with Crippen LogP contribution in [0.1, 0.15) is 86.0 Å². The highest BCUT2D eigenvalue weighted by molar-refractivity contribution is 4.93. The van der Waals surface area contributed by atoms with Crippen LogP contribution in [0.5, 0.6) is 0 Å². The van der Waals surface area contributed by atoms with Crippen molar-refractivity contribution in [3.8, 4) is 0 Å². The molecule has 2 nitrogen and oxygen atoms in total. The second kappa shape index (κ2) is 7.46. The van der Waals surface area contributed by atoms with Gasteiger partial charge in [-0.05, 0) is 53.4 Å². The van der Waals surface area contributed by atoms with E-state index in [0.29, 0.717) is 11.6 Å². The molecule has 1 atom stereocenters.